The molecule has 2 rings (SSSR count). The second-order valence-electron chi connectivity index (χ2n) is 5.49. The molecule has 0 saturated heterocycles. The Bertz CT molecular complexity index is 611. The van der Waals surface area contributed by atoms with Crippen LogP contribution < -0.4 is 20.5 Å². The molecule has 3 N–H and O–H groups in total. The standard InChI is InChI=1S/C15H21N3O5.ClH/c1-22-13-6-10(12(18(20)21)7-14(13)23-2)15(19)17-11-5-3-4-9(11)8-16;/h6-7,9,11H,3-5,8,16H2,1-2H3,(H,17,19);1H. The number of nitrogens with one attached hydrogen (secondary N) is 1. The third-order valence-electron chi connectivity index (χ3n) is 4.22. The van der Waals surface area contributed by atoms with Crippen molar-refractivity contribution in [1.29, 1.82) is 0 Å². The highest BCUT2D eigenvalue weighted by Gasteiger charge is 2.30. The minimum absolute atomic E-state index is 0. The van der Waals surface area contributed by atoms with Crippen molar-refractivity contribution < 1.29 is 19.2 Å². The van der Waals surface area contributed by atoms with Crippen LogP contribution in [-0.2, 0) is 0 Å². The van der Waals surface area contributed by atoms with Crippen LogP contribution in [0.15, 0.2) is 12.1 Å². The lowest BCUT2D eigenvalue weighted by molar-refractivity contribution is -0.385. The molecular weight excluding hydrogens is 338 g/mol. The minimum Gasteiger partial charge on any atom is -0.493 e. The predicted octanol–water partition coefficient (Wildman–Crippen LogP) is 1.89. The highest BCUT2D eigenvalue weighted by molar-refractivity contribution is 5.99. The van der Waals surface area contributed by atoms with E-state index in [1.54, 1.807) is 0 Å². The van der Waals surface area contributed by atoms with E-state index in [0.29, 0.717) is 6.54 Å². The Kier molecular flexibility index (Phi) is 7.24. The lowest BCUT2D eigenvalue weighted by atomic mass is 10.0. The van der Waals surface area contributed by atoms with Gasteiger partial charge in [0.15, 0.2) is 11.5 Å². The predicted molar refractivity (Wildman–Crippen MR) is 91.1 cm³/mol. The molecule has 0 radical (unpaired) electrons. The van der Waals surface area contributed by atoms with E-state index < -0.39 is 10.8 Å². The van der Waals surface area contributed by atoms with E-state index in [2.05, 4.69) is 5.32 Å². The van der Waals surface area contributed by atoms with Crippen LogP contribution in [0.2, 0.25) is 0 Å². The van der Waals surface area contributed by atoms with Crippen LogP contribution >= 0.6 is 12.4 Å². The van der Waals surface area contributed by atoms with Crippen LogP contribution in [0.4, 0.5) is 5.69 Å². The summed E-state index contributed by atoms with van der Waals surface area (Å²) in [6.07, 6.45) is 2.77. The molecule has 1 fully saturated rings. The van der Waals surface area contributed by atoms with Crippen LogP contribution in [0.3, 0.4) is 0 Å². The zero-order valence-electron chi connectivity index (χ0n) is 13.6. The number of benzene rings is 1. The summed E-state index contributed by atoms with van der Waals surface area (Å²) < 4.78 is 10.2. The Morgan fingerprint density at radius 3 is 2.50 bits per heavy atom. The van der Waals surface area contributed by atoms with E-state index >= 15 is 0 Å². The van der Waals surface area contributed by atoms with E-state index in [4.69, 9.17) is 15.2 Å². The molecule has 9 heteroatoms. The van der Waals surface area contributed by atoms with Gasteiger partial charge in [-0.1, -0.05) is 6.42 Å². The molecule has 0 aliphatic heterocycles. The van der Waals surface area contributed by atoms with Crippen LogP contribution in [-0.4, -0.2) is 37.6 Å². The number of hydrogen-bond donors (Lipinski definition) is 2. The first-order valence-corrected chi connectivity index (χ1v) is 7.43. The average Bonchev–Trinajstić information content (AvgIpc) is 3.00. The Hall–Kier alpha value is -2.06. The summed E-state index contributed by atoms with van der Waals surface area (Å²) in [6.45, 7) is 0.485. The van der Waals surface area contributed by atoms with Gasteiger partial charge in [-0.3, -0.25) is 14.9 Å². The van der Waals surface area contributed by atoms with Gasteiger partial charge in [-0.05, 0) is 25.3 Å². The van der Waals surface area contributed by atoms with Crippen LogP contribution in [0.25, 0.3) is 0 Å². The highest BCUT2D eigenvalue weighted by Crippen LogP contribution is 2.35. The number of methoxy groups -OCH3 is 2. The Morgan fingerprint density at radius 1 is 1.33 bits per heavy atom. The first-order valence-electron chi connectivity index (χ1n) is 7.43. The van der Waals surface area contributed by atoms with Crippen LogP contribution in [0.1, 0.15) is 29.6 Å². The quantitative estimate of drug-likeness (QED) is 0.591. The third-order valence-corrected chi connectivity index (χ3v) is 4.22. The highest BCUT2D eigenvalue weighted by atomic mass is 35.5. The van der Waals surface area contributed by atoms with Gasteiger partial charge < -0.3 is 20.5 Å². The minimum atomic E-state index is -0.605. The van der Waals surface area contributed by atoms with Crippen molar-refractivity contribution in [3.8, 4) is 11.5 Å². The summed E-state index contributed by atoms with van der Waals surface area (Å²) in [6, 6.07) is 2.47. The summed E-state index contributed by atoms with van der Waals surface area (Å²) in [5, 5.41) is 14.1. The van der Waals surface area contributed by atoms with Crippen molar-refractivity contribution in [2.24, 2.45) is 11.7 Å². The number of nitro groups is 1. The smallest absolute Gasteiger partial charge is 0.286 e. The molecule has 1 amide bonds. The van der Waals surface area contributed by atoms with Crippen molar-refractivity contribution in [2.75, 3.05) is 20.8 Å². The maximum absolute atomic E-state index is 12.5. The maximum Gasteiger partial charge on any atom is 0.286 e. The molecule has 0 aromatic heterocycles. The van der Waals surface area contributed by atoms with Crippen LogP contribution in [0.5, 0.6) is 11.5 Å². The van der Waals surface area contributed by atoms with Crippen molar-refractivity contribution in [3.05, 3.63) is 27.8 Å². The second kappa shape index (κ2) is 8.70. The summed E-state index contributed by atoms with van der Waals surface area (Å²) in [5.74, 6) is 0.183. The SMILES string of the molecule is COc1cc(C(=O)NC2CCCC2CN)c([N+](=O)[O-])cc1OC.Cl. The molecular formula is C15H22ClN3O5. The Morgan fingerprint density at radius 2 is 1.96 bits per heavy atom. The monoisotopic (exact) mass is 359 g/mol. The lowest BCUT2D eigenvalue weighted by Gasteiger charge is -2.19. The van der Waals surface area contributed by atoms with Gasteiger partial charge in [-0.15, -0.1) is 12.4 Å². The van der Waals surface area contributed by atoms with Gasteiger partial charge in [0.05, 0.1) is 25.2 Å². The Balaban J connectivity index is 0.00000288. The number of rotatable bonds is 6. The number of nitrogens with zero attached hydrogens (tertiary/aromatic N) is 1. The molecule has 1 aromatic rings. The molecule has 0 bridgehead atoms. The summed E-state index contributed by atoms with van der Waals surface area (Å²) in [7, 11) is 2.79. The zero-order valence-corrected chi connectivity index (χ0v) is 14.4. The van der Waals surface area contributed by atoms with Gasteiger partial charge in [-0.2, -0.15) is 0 Å². The molecule has 134 valence electrons. The topological polar surface area (TPSA) is 117 Å². The number of carbonyl (C=O) groups is 1. The largest absolute Gasteiger partial charge is 0.493 e. The molecule has 1 saturated carbocycles. The number of amides is 1. The van der Waals surface area contributed by atoms with Gasteiger partial charge in [0.2, 0.25) is 0 Å². The normalized spacial score (nSPS) is 19.3. The molecule has 2 unspecified atom stereocenters. The van der Waals surface area contributed by atoms with E-state index in [0.717, 1.165) is 19.3 Å². The van der Waals surface area contributed by atoms with E-state index in [-0.39, 0.29) is 47.1 Å². The average molecular weight is 360 g/mol. The number of carbonyl (C=O) groups excluding carboxylic acids is 1. The lowest BCUT2D eigenvalue weighted by Crippen LogP contribution is -2.40. The molecule has 1 aliphatic rings. The molecule has 1 aliphatic carbocycles. The van der Waals surface area contributed by atoms with Crippen molar-refractivity contribution >= 4 is 24.0 Å². The molecule has 2 atom stereocenters. The summed E-state index contributed by atoms with van der Waals surface area (Å²) in [4.78, 5) is 23.2. The Labute approximate surface area is 146 Å². The fraction of sp³-hybridized carbons (Fsp3) is 0.533. The van der Waals surface area contributed by atoms with E-state index in [1.807, 2.05) is 0 Å². The van der Waals surface area contributed by atoms with Gasteiger partial charge in [0.1, 0.15) is 5.56 Å². The first kappa shape index (κ1) is 20.0. The van der Waals surface area contributed by atoms with Crippen LogP contribution in [0, 0.1) is 16.0 Å². The number of nitro benzene ring substituents is 1. The fourth-order valence-electron chi connectivity index (χ4n) is 2.96. The van der Waals surface area contributed by atoms with Crippen molar-refractivity contribution in [3.63, 3.8) is 0 Å². The fourth-order valence-corrected chi connectivity index (χ4v) is 2.96. The first-order chi connectivity index (χ1) is 11.0. The number of ether oxygens (including phenoxy) is 2. The van der Waals surface area contributed by atoms with E-state index in [9.17, 15) is 14.9 Å². The molecule has 24 heavy (non-hydrogen) atoms. The van der Waals surface area contributed by atoms with Gasteiger partial charge in [0.25, 0.3) is 11.6 Å². The van der Waals surface area contributed by atoms with Crippen molar-refractivity contribution in [2.45, 2.75) is 25.3 Å². The molecule has 8 nitrogen and oxygen atoms in total. The molecule has 1 aromatic carbocycles. The number of nitrogens with two attached hydrogens (primary N) is 1. The molecule has 0 spiro atoms. The van der Waals surface area contributed by atoms with Gasteiger partial charge >= 0.3 is 0 Å². The van der Waals surface area contributed by atoms with Gasteiger partial charge in [-0.25, -0.2) is 0 Å². The third kappa shape index (κ3) is 4.07. The maximum atomic E-state index is 12.5. The number of hydrogen-bond acceptors (Lipinski definition) is 6. The summed E-state index contributed by atoms with van der Waals surface area (Å²) >= 11 is 0. The number of halogens is 1. The zero-order chi connectivity index (χ0) is 17.0. The van der Waals surface area contributed by atoms with Gasteiger partial charge in [0, 0.05) is 12.1 Å². The van der Waals surface area contributed by atoms with Crippen molar-refractivity contribution in [1.82, 2.24) is 5.32 Å². The van der Waals surface area contributed by atoms with E-state index in [1.165, 1.54) is 26.4 Å². The molecule has 0 heterocycles. The second-order valence-corrected chi connectivity index (χ2v) is 5.49. The summed E-state index contributed by atoms with van der Waals surface area (Å²) in [5.41, 5.74) is 5.34.